The van der Waals surface area contributed by atoms with Crippen molar-refractivity contribution in [1.82, 2.24) is 25.3 Å². The van der Waals surface area contributed by atoms with E-state index >= 15 is 0 Å². The number of carbonyl (C=O) groups excluding carboxylic acids is 1. The van der Waals surface area contributed by atoms with Crippen molar-refractivity contribution in [1.29, 1.82) is 0 Å². The SMILES string of the molecule is Cc1ccc(-c2nn(CN3CCC(NC(=O)NC4CCCCC4)CC3)c(=S)o2)cc1. The van der Waals surface area contributed by atoms with Crippen LogP contribution in [0.3, 0.4) is 0 Å². The summed E-state index contributed by atoms with van der Waals surface area (Å²) < 4.78 is 7.45. The molecular formula is C22H31N5O2S. The fourth-order valence-corrected chi connectivity index (χ4v) is 4.45. The zero-order valence-corrected chi connectivity index (χ0v) is 18.4. The Bertz CT molecular complexity index is 893. The van der Waals surface area contributed by atoms with E-state index in [-0.39, 0.29) is 12.1 Å². The number of likely N-dealkylation sites (tertiary alicyclic amines) is 1. The van der Waals surface area contributed by atoms with Crippen LogP contribution in [0.25, 0.3) is 11.5 Å². The number of piperidine rings is 1. The second kappa shape index (κ2) is 9.75. The van der Waals surface area contributed by atoms with Gasteiger partial charge in [-0.1, -0.05) is 37.0 Å². The summed E-state index contributed by atoms with van der Waals surface area (Å²) in [5, 5.41) is 10.9. The van der Waals surface area contributed by atoms with Crippen molar-refractivity contribution in [2.24, 2.45) is 0 Å². The number of amides is 2. The van der Waals surface area contributed by atoms with Gasteiger partial charge in [-0.05, 0) is 57.0 Å². The molecule has 2 N–H and O–H groups in total. The first-order valence-corrected chi connectivity index (χ1v) is 11.4. The maximum Gasteiger partial charge on any atom is 0.315 e. The highest BCUT2D eigenvalue weighted by Crippen LogP contribution is 2.20. The van der Waals surface area contributed by atoms with Gasteiger partial charge in [0.05, 0.1) is 6.67 Å². The van der Waals surface area contributed by atoms with Crippen LogP contribution in [-0.2, 0) is 6.67 Å². The number of hydrogen-bond donors (Lipinski definition) is 2. The summed E-state index contributed by atoms with van der Waals surface area (Å²) in [6, 6.07) is 8.62. The fraction of sp³-hybridized carbons (Fsp3) is 0.591. The summed E-state index contributed by atoms with van der Waals surface area (Å²) in [6.45, 7) is 4.44. The van der Waals surface area contributed by atoms with Gasteiger partial charge >= 0.3 is 6.03 Å². The summed E-state index contributed by atoms with van der Waals surface area (Å²) in [5.41, 5.74) is 2.12. The molecule has 2 aliphatic rings. The van der Waals surface area contributed by atoms with Crippen molar-refractivity contribution in [2.45, 2.75) is 70.6 Å². The minimum atomic E-state index is -0.0122. The molecule has 1 aromatic heterocycles. The first kappa shape index (κ1) is 21.1. The van der Waals surface area contributed by atoms with E-state index in [0.717, 1.165) is 44.3 Å². The van der Waals surface area contributed by atoms with E-state index in [1.165, 1.54) is 24.8 Å². The van der Waals surface area contributed by atoms with Crippen LogP contribution in [0.4, 0.5) is 4.79 Å². The zero-order valence-electron chi connectivity index (χ0n) is 17.6. The van der Waals surface area contributed by atoms with E-state index in [2.05, 4.69) is 27.6 Å². The lowest BCUT2D eigenvalue weighted by Gasteiger charge is -2.32. The fourth-order valence-electron chi connectivity index (χ4n) is 4.28. The lowest BCUT2D eigenvalue weighted by atomic mass is 9.96. The number of benzene rings is 1. The first-order chi connectivity index (χ1) is 14.6. The average Bonchev–Trinajstić information content (AvgIpc) is 3.11. The van der Waals surface area contributed by atoms with Gasteiger partial charge in [0.25, 0.3) is 4.84 Å². The lowest BCUT2D eigenvalue weighted by molar-refractivity contribution is 0.149. The van der Waals surface area contributed by atoms with Crippen LogP contribution in [0.15, 0.2) is 28.7 Å². The second-order valence-electron chi connectivity index (χ2n) is 8.53. The van der Waals surface area contributed by atoms with Gasteiger partial charge in [-0.2, -0.15) is 0 Å². The molecule has 0 bridgehead atoms. The molecule has 8 heteroatoms. The van der Waals surface area contributed by atoms with Crippen LogP contribution in [0.5, 0.6) is 0 Å². The Morgan fingerprint density at radius 2 is 1.70 bits per heavy atom. The third-order valence-corrected chi connectivity index (χ3v) is 6.40. The molecule has 0 spiro atoms. The van der Waals surface area contributed by atoms with Gasteiger partial charge in [0.2, 0.25) is 5.89 Å². The van der Waals surface area contributed by atoms with Crippen LogP contribution in [0, 0.1) is 11.8 Å². The van der Waals surface area contributed by atoms with Crippen molar-refractivity contribution in [3.05, 3.63) is 34.7 Å². The van der Waals surface area contributed by atoms with Crippen LogP contribution < -0.4 is 10.6 Å². The highest BCUT2D eigenvalue weighted by Gasteiger charge is 2.23. The van der Waals surface area contributed by atoms with Crippen molar-refractivity contribution in [2.75, 3.05) is 13.1 Å². The molecule has 1 aliphatic heterocycles. The molecule has 4 rings (SSSR count). The van der Waals surface area contributed by atoms with Gasteiger partial charge in [0.15, 0.2) is 0 Å². The molecule has 2 heterocycles. The van der Waals surface area contributed by atoms with Gasteiger partial charge < -0.3 is 15.1 Å². The van der Waals surface area contributed by atoms with Crippen molar-refractivity contribution < 1.29 is 9.21 Å². The van der Waals surface area contributed by atoms with E-state index in [1.807, 2.05) is 24.3 Å². The molecule has 2 aromatic rings. The normalized spacial score (nSPS) is 19.0. The maximum atomic E-state index is 12.3. The molecule has 1 aliphatic carbocycles. The zero-order chi connectivity index (χ0) is 20.9. The molecule has 1 saturated carbocycles. The topological polar surface area (TPSA) is 75.3 Å². The van der Waals surface area contributed by atoms with E-state index in [4.69, 9.17) is 16.6 Å². The third kappa shape index (κ3) is 5.49. The number of aryl methyl sites for hydroxylation is 1. The maximum absolute atomic E-state index is 12.3. The predicted molar refractivity (Wildman–Crippen MR) is 119 cm³/mol. The van der Waals surface area contributed by atoms with Crippen molar-refractivity contribution in [3.8, 4) is 11.5 Å². The molecule has 0 atom stereocenters. The molecule has 1 aromatic carbocycles. The van der Waals surface area contributed by atoms with Crippen molar-refractivity contribution in [3.63, 3.8) is 0 Å². The van der Waals surface area contributed by atoms with Gasteiger partial charge in [0.1, 0.15) is 0 Å². The van der Waals surface area contributed by atoms with E-state index < -0.39 is 0 Å². The summed E-state index contributed by atoms with van der Waals surface area (Å²) in [5.74, 6) is 0.552. The Labute approximate surface area is 182 Å². The van der Waals surface area contributed by atoms with Crippen LogP contribution in [0.2, 0.25) is 0 Å². The van der Waals surface area contributed by atoms with Gasteiger partial charge in [-0.25, -0.2) is 9.48 Å². The summed E-state index contributed by atoms with van der Waals surface area (Å²) in [7, 11) is 0. The Kier molecular flexibility index (Phi) is 6.84. The molecule has 2 amide bonds. The standard InChI is InChI=1S/C22H31N5O2S/c1-16-7-9-17(10-8-16)20-25-27(22(30)29-20)15-26-13-11-19(12-14-26)24-21(28)23-18-5-3-2-4-6-18/h7-10,18-19H,2-6,11-15H2,1H3,(H2,23,24,28). The number of urea groups is 1. The molecule has 2 fully saturated rings. The Hall–Kier alpha value is -2.19. The molecular weight excluding hydrogens is 398 g/mol. The van der Waals surface area contributed by atoms with E-state index in [0.29, 0.717) is 23.4 Å². The van der Waals surface area contributed by atoms with Crippen molar-refractivity contribution >= 4 is 18.2 Å². The molecule has 162 valence electrons. The summed E-state index contributed by atoms with van der Waals surface area (Å²) >= 11 is 5.37. The Morgan fingerprint density at radius 3 is 2.37 bits per heavy atom. The molecule has 30 heavy (non-hydrogen) atoms. The van der Waals surface area contributed by atoms with E-state index in [1.54, 1.807) is 4.68 Å². The lowest BCUT2D eigenvalue weighted by Crippen LogP contribution is -2.50. The van der Waals surface area contributed by atoms with E-state index in [9.17, 15) is 4.79 Å². The molecule has 0 unspecified atom stereocenters. The first-order valence-electron chi connectivity index (χ1n) is 11.0. The Balaban J connectivity index is 1.25. The van der Waals surface area contributed by atoms with Gasteiger partial charge in [0, 0.05) is 30.7 Å². The highest BCUT2D eigenvalue weighted by atomic mass is 32.1. The quantitative estimate of drug-likeness (QED) is 0.696. The highest BCUT2D eigenvalue weighted by molar-refractivity contribution is 7.71. The molecule has 0 radical (unpaired) electrons. The minimum absolute atomic E-state index is 0.0122. The smallest absolute Gasteiger partial charge is 0.315 e. The average molecular weight is 430 g/mol. The van der Waals surface area contributed by atoms with Crippen LogP contribution >= 0.6 is 12.2 Å². The number of hydrogen-bond acceptors (Lipinski definition) is 5. The predicted octanol–water partition coefficient (Wildman–Crippen LogP) is 4.23. The van der Waals surface area contributed by atoms with Gasteiger partial charge in [-0.15, -0.1) is 5.10 Å². The number of nitrogens with zero attached hydrogens (tertiary/aromatic N) is 3. The van der Waals surface area contributed by atoms with Gasteiger partial charge in [-0.3, -0.25) is 4.90 Å². The third-order valence-electron chi connectivity index (χ3n) is 6.10. The number of carbonyl (C=O) groups is 1. The minimum Gasteiger partial charge on any atom is -0.409 e. The Morgan fingerprint density at radius 1 is 1.07 bits per heavy atom. The monoisotopic (exact) mass is 429 g/mol. The summed E-state index contributed by atoms with van der Waals surface area (Å²) in [6.07, 6.45) is 7.80. The van der Waals surface area contributed by atoms with Crippen LogP contribution in [-0.4, -0.2) is 45.9 Å². The summed E-state index contributed by atoms with van der Waals surface area (Å²) in [4.78, 5) is 15.0. The number of rotatable bonds is 5. The van der Waals surface area contributed by atoms with Crippen LogP contribution in [0.1, 0.15) is 50.5 Å². The largest absolute Gasteiger partial charge is 0.409 e. The molecule has 1 saturated heterocycles. The number of nitrogens with one attached hydrogen (secondary N) is 2. The molecule has 7 nitrogen and oxygen atoms in total. The second-order valence-corrected chi connectivity index (χ2v) is 8.87. The number of aromatic nitrogens is 2.